The van der Waals surface area contributed by atoms with Crippen LogP contribution in [0.25, 0.3) is 0 Å². The maximum atomic E-state index is 12.8. The molecule has 0 atom stereocenters. The number of aliphatic carboxylic acids is 1. The molecule has 0 unspecified atom stereocenters. The average molecular weight is 251 g/mol. The molecule has 0 saturated carbocycles. The van der Waals surface area contributed by atoms with Crippen molar-refractivity contribution in [3.05, 3.63) is 29.6 Å². The number of hydrogen-bond acceptors (Lipinski definition) is 3. The van der Waals surface area contributed by atoms with E-state index in [1.165, 1.54) is 0 Å². The summed E-state index contributed by atoms with van der Waals surface area (Å²) in [6.07, 6.45) is 5.02. The molecule has 6 heteroatoms. The number of carbonyl (C=O) groups is 2. The number of aromatic hydroxyl groups is 1. The van der Waals surface area contributed by atoms with Gasteiger partial charge in [0, 0.05) is 6.07 Å². The second kappa shape index (κ2) is 5.68. The summed E-state index contributed by atoms with van der Waals surface area (Å²) < 4.78 is 12.8. The summed E-state index contributed by atoms with van der Waals surface area (Å²) in [6.45, 7) is -0.818. The van der Waals surface area contributed by atoms with E-state index in [1.807, 2.05) is 0 Å². The normalized spacial score (nSPS) is 9.56. The van der Waals surface area contributed by atoms with Gasteiger partial charge in [0.1, 0.15) is 18.1 Å². The molecule has 0 heterocycles. The molecule has 2 N–H and O–H groups in total. The van der Waals surface area contributed by atoms with Gasteiger partial charge in [0.05, 0.1) is 12.1 Å². The molecule has 1 amide bonds. The van der Waals surface area contributed by atoms with Gasteiger partial charge in [-0.05, 0) is 12.1 Å². The summed E-state index contributed by atoms with van der Waals surface area (Å²) in [5.41, 5.74) is -0.201. The smallest absolute Gasteiger partial charge is 0.323 e. The van der Waals surface area contributed by atoms with Crippen LogP contribution < -0.4 is 0 Å². The minimum absolute atomic E-state index is 0.201. The summed E-state index contributed by atoms with van der Waals surface area (Å²) in [4.78, 5) is 23.3. The summed E-state index contributed by atoms with van der Waals surface area (Å²) >= 11 is 0. The van der Waals surface area contributed by atoms with Crippen molar-refractivity contribution in [2.45, 2.75) is 0 Å². The number of carbonyl (C=O) groups excluding carboxylic acids is 1. The quantitative estimate of drug-likeness (QED) is 0.772. The molecule has 0 aliphatic carbocycles. The van der Waals surface area contributed by atoms with Gasteiger partial charge in [-0.15, -0.1) is 6.42 Å². The number of halogens is 1. The molecule has 0 radical (unpaired) electrons. The lowest BCUT2D eigenvalue weighted by Crippen LogP contribution is -2.36. The SMILES string of the molecule is C#CCN(CC(=O)O)C(=O)c1ccc(F)cc1O. The number of nitrogens with zero attached hydrogens (tertiary/aromatic N) is 1. The van der Waals surface area contributed by atoms with Crippen LogP contribution >= 0.6 is 0 Å². The van der Waals surface area contributed by atoms with Crippen LogP contribution in [0.15, 0.2) is 18.2 Å². The topological polar surface area (TPSA) is 77.8 Å². The predicted octanol–water partition coefficient (Wildman–Crippen LogP) is 0.691. The molecule has 0 spiro atoms. The number of benzene rings is 1. The van der Waals surface area contributed by atoms with Gasteiger partial charge in [0.15, 0.2) is 0 Å². The Morgan fingerprint density at radius 3 is 2.61 bits per heavy atom. The van der Waals surface area contributed by atoms with Gasteiger partial charge in [0.25, 0.3) is 5.91 Å². The van der Waals surface area contributed by atoms with E-state index in [0.29, 0.717) is 0 Å². The first-order valence-corrected chi connectivity index (χ1v) is 4.88. The molecular formula is C12H10FNO4. The number of phenolic OH excluding ortho intramolecular Hbond substituents is 1. The zero-order valence-electron chi connectivity index (χ0n) is 9.26. The van der Waals surface area contributed by atoms with E-state index >= 15 is 0 Å². The van der Waals surface area contributed by atoms with E-state index in [0.717, 1.165) is 23.1 Å². The zero-order valence-corrected chi connectivity index (χ0v) is 9.26. The van der Waals surface area contributed by atoms with Gasteiger partial charge < -0.3 is 15.1 Å². The highest BCUT2D eigenvalue weighted by molar-refractivity contribution is 5.98. The van der Waals surface area contributed by atoms with Crippen LogP contribution in [-0.4, -0.2) is 40.1 Å². The summed E-state index contributed by atoms with van der Waals surface area (Å²) in [5, 5.41) is 18.1. The van der Waals surface area contributed by atoms with E-state index in [9.17, 15) is 19.1 Å². The Bertz CT molecular complexity index is 521. The van der Waals surface area contributed by atoms with Crippen molar-refractivity contribution in [2.75, 3.05) is 13.1 Å². The molecule has 0 aliphatic rings. The van der Waals surface area contributed by atoms with Crippen molar-refractivity contribution < 1.29 is 24.2 Å². The highest BCUT2D eigenvalue weighted by Crippen LogP contribution is 2.19. The van der Waals surface area contributed by atoms with Gasteiger partial charge in [-0.3, -0.25) is 9.59 Å². The van der Waals surface area contributed by atoms with E-state index < -0.39 is 30.0 Å². The lowest BCUT2D eigenvalue weighted by Gasteiger charge is -2.18. The first-order chi connectivity index (χ1) is 8.45. The second-order valence-corrected chi connectivity index (χ2v) is 3.42. The minimum Gasteiger partial charge on any atom is -0.507 e. The standard InChI is InChI=1S/C12H10FNO4/c1-2-5-14(7-11(16)17)12(18)9-4-3-8(13)6-10(9)15/h1,3-4,6,15H,5,7H2,(H,16,17). The van der Waals surface area contributed by atoms with Crippen LogP contribution in [0.5, 0.6) is 5.75 Å². The highest BCUT2D eigenvalue weighted by Gasteiger charge is 2.20. The number of amides is 1. The highest BCUT2D eigenvalue weighted by atomic mass is 19.1. The molecule has 0 bridgehead atoms. The van der Waals surface area contributed by atoms with Gasteiger partial charge >= 0.3 is 5.97 Å². The molecule has 0 saturated heterocycles. The third-order valence-electron chi connectivity index (χ3n) is 2.09. The number of rotatable bonds is 4. The summed E-state index contributed by atoms with van der Waals surface area (Å²) in [5.74, 6) is -1.13. The number of carboxylic acids is 1. The van der Waals surface area contributed by atoms with Crippen molar-refractivity contribution in [1.82, 2.24) is 4.90 Å². The minimum atomic E-state index is -1.24. The van der Waals surface area contributed by atoms with E-state index in [2.05, 4.69) is 5.92 Å². The van der Waals surface area contributed by atoms with Gasteiger partial charge in [0.2, 0.25) is 0 Å². The van der Waals surface area contributed by atoms with Crippen molar-refractivity contribution in [2.24, 2.45) is 0 Å². The molecule has 1 aromatic carbocycles. The van der Waals surface area contributed by atoms with Gasteiger partial charge in [-0.25, -0.2) is 4.39 Å². The molecule has 1 aromatic rings. The van der Waals surface area contributed by atoms with Crippen molar-refractivity contribution in [1.29, 1.82) is 0 Å². The Hall–Kier alpha value is -2.55. The van der Waals surface area contributed by atoms with Crippen LogP contribution in [0.2, 0.25) is 0 Å². The molecule has 0 aliphatic heterocycles. The first kappa shape index (κ1) is 13.5. The predicted molar refractivity (Wildman–Crippen MR) is 60.4 cm³/mol. The molecule has 1 rings (SSSR count). The average Bonchev–Trinajstić information content (AvgIpc) is 2.27. The number of terminal acetylenes is 1. The Labute approximate surface area is 102 Å². The molecule has 5 nitrogen and oxygen atoms in total. The Morgan fingerprint density at radius 1 is 1.44 bits per heavy atom. The van der Waals surface area contributed by atoms with E-state index in [4.69, 9.17) is 11.5 Å². The number of phenols is 1. The third kappa shape index (κ3) is 3.22. The number of hydrogen-bond donors (Lipinski definition) is 2. The molecular weight excluding hydrogens is 241 g/mol. The maximum Gasteiger partial charge on any atom is 0.323 e. The maximum absolute atomic E-state index is 12.8. The Kier molecular flexibility index (Phi) is 4.27. The van der Waals surface area contributed by atoms with Crippen LogP contribution in [0.4, 0.5) is 4.39 Å². The lowest BCUT2D eigenvalue weighted by atomic mass is 10.1. The molecule has 94 valence electrons. The molecule has 0 fully saturated rings. The monoisotopic (exact) mass is 251 g/mol. The van der Waals surface area contributed by atoms with Crippen LogP contribution in [0.3, 0.4) is 0 Å². The third-order valence-corrected chi connectivity index (χ3v) is 2.09. The van der Waals surface area contributed by atoms with E-state index in [1.54, 1.807) is 0 Å². The van der Waals surface area contributed by atoms with Gasteiger partial charge in [-0.2, -0.15) is 0 Å². The lowest BCUT2D eigenvalue weighted by molar-refractivity contribution is -0.137. The second-order valence-electron chi connectivity index (χ2n) is 3.42. The fourth-order valence-electron chi connectivity index (χ4n) is 1.33. The van der Waals surface area contributed by atoms with Crippen molar-refractivity contribution >= 4 is 11.9 Å². The summed E-state index contributed by atoms with van der Waals surface area (Å²) in [6, 6.07) is 2.82. The van der Waals surface area contributed by atoms with Gasteiger partial charge in [-0.1, -0.05) is 5.92 Å². The first-order valence-electron chi connectivity index (χ1n) is 4.88. The largest absolute Gasteiger partial charge is 0.507 e. The Morgan fingerprint density at radius 2 is 2.11 bits per heavy atom. The fraction of sp³-hybridized carbons (Fsp3) is 0.167. The van der Waals surface area contributed by atoms with Crippen molar-refractivity contribution in [3.8, 4) is 18.1 Å². The Balaban J connectivity index is 3.02. The van der Waals surface area contributed by atoms with Crippen molar-refractivity contribution in [3.63, 3.8) is 0 Å². The molecule has 18 heavy (non-hydrogen) atoms. The van der Waals surface area contributed by atoms with E-state index in [-0.39, 0.29) is 12.1 Å². The summed E-state index contributed by atoms with van der Waals surface area (Å²) in [7, 11) is 0. The number of carboxylic acid groups (broad SMARTS) is 1. The fourth-order valence-corrected chi connectivity index (χ4v) is 1.33. The zero-order chi connectivity index (χ0) is 13.7. The van der Waals surface area contributed by atoms with Crippen LogP contribution in [-0.2, 0) is 4.79 Å². The molecule has 0 aromatic heterocycles. The van der Waals surface area contributed by atoms with Crippen LogP contribution in [0, 0.1) is 18.2 Å². The van der Waals surface area contributed by atoms with Crippen LogP contribution in [0.1, 0.15) is 10.4 Å².